The zero-order chi connectivity index (χ0) is 20.0. The summed E-state index contributed by atoms with van der Waals surface area (Å²) >= 11 is 0. The number of amides is 1. The first-order chi connectivity index (χ1) is 14.2. The van der Waals surface area contributed by atoms with Crippen LogP contribution in [0.15, 0.2) is 42.5 Å². The normalized spacial score (nSPS) is 25.4. The number of aliphatic hydroxyl groups excluding tert-OH is 1. The summed E-state index contributed by atoms with van der Waals surface area (Å²) in [6, 6.07) is 16.1. The van der Waals surface area contributed by atoms with Crippen molar-refractivity contribution in [3.8, 4) is 17.2 Å². The van der Waals surface area contributed by atoms with E-state index >= 15 is 0 Å². The first kappa shape index (κ1) is 18.2. The van der Waals surface area contributed by atoms with Crippen molar-refractivity contribution in [3.63, 3.8) is 0 Å². The summed E-state index contributed by atoms with van der Waals surface area (Å²) < 4.78 is 0. The minimum absolute atomic E-state index is 0.0209. The minimum atomic E-state index is -0.0209. The number of hydrogen-bond donors (Lipinski definition) is 2. The first-order valence-electron chi connectivity index (χ1n) is 10.5. The Kier molecular flexibility index (Phi) is 4.52. The van der Waals surface area contributed by atoms with Gasteiger partial charge < -0.3 is 15.3 Å². The quantitative estimate of drug-likeness (QED) is 0.842. The third-order valence-corrected chi connectivity index (χ3v) is 6.95. The fourth-order valence-corrected chi connectivity index (χ4v) is 5.12. The highest BCUT2D eigenvalue weighted by molar-refractivity contribution is 5.81. The van der Waals surface area contributed by atoms with Crippen LogP contribution in [0.5, 0.6) is 0 Å². The Morgan fingerprint density at radius 2 is 1.90 bits per heavy atom. The van der Waals surface area contributed by atoms with Crippen molar-refractivity contribution < 1.29 is 9.90 Å². The van der Waals surface area contributed by atoms with Gasteiger partial charge in [-0.25, -0.2) is 0 Å². The van der Waals surface area contributed by atoms with Crippen molar-refractivity contribution in [1.29, 1.82) is 5.26 Å². The number of carbonyl (C=O) groups excluding carboxylic acids is 1. The molecule has 2 heterocycles. The van der Waals surface area contributed by atoms with E-state index in [1.165, 1.54) is 0 Å². The maximum absolute atomic E-state index is 13.1. The largest absolute Gasteiger partial charge is 0.394 e. The molecule has 2 N–H and O–H groups in total. The Hall–Kier alpha value is -2.84. The molecule has 2 aliphatic heterocycles. The summed E-state index contributed by atoms with van der Waals surface area (Å²) in [6.45, 7) is 0.840. The molecule has 5 nitrogen and oxygen atoms in total. The van der Waals surface area contributed by atoms with E-state index in [1.54, 1.807) is 0 Å². The highest BCUT2D eigenvalue weighted by atomic mass is 16.3. The third kappa shape index (κ3) is 2.99. The molecule has 2 aromatic carbocycles. The van der Waals surface area contributed by atoms with Gasteiger partial charge in [-0.05, 0) is 60.2 Å². The van der Waals surface area contributed by atoms with Gasteiger partial charge >= 0.3 is 0 Å². The molecule has 1 saturated heterocycles. The molecular weight excluding hydrogens is 362 g/mol. The molecule has 3 atom stereocenters. The number of nitrogens with one attached hydrogen (secondary N) is 1. The van der Waals surface area contributed by atoms with Gasteiger partial charge in [0, 0.05) is 24.1 Å². The van der Waals surface area contributed by atoms with Crippen molar-refractivity contribution in [2.45, 2.75) is 37.8 Å². The Morgan fingerprint density at radius 1 is 1.14 bits per heavy atom. The van der Waals surface area contributed by atoms with E-state index in [-0.39, 0.29) is 36.4 Å². The Bertz CT molecular complexity index is 975. The lowest BCUT2D eigenvalue weighted by Crippen LogP contribution is -2.45. The van der Waals surface area contributed by atoms with Crippen molar-refractivity contribution in [2.75, 3.05) is 18.5 Å². The molecule has 0 aromatic heterocycles. The van der Waals surface area contributed by atoms with Crippen molar-refractivity contribution in [3.05, 3.63) is 53.6 Å². The van der Waals surface area contributed by atoms with Crippen LogP contribution >= 0.6 is 0 Å². The fourth-order valence-electron chi connectivity index (χ4n) is 5.12. The second kappa shape index (κ2) is 7.20. The molecule has 0 bridgehead atoms. The average molecular weight is 387 g/mol. The van der Waals surface area contributed by atoms with Crippen LogP contribution in [0, 0.1) is 23.2 Å². The minimum Gasteiger partial charge on any atom is -0.394 e. The lowest BCUT2D eigenvalue weighted by Gasteiger charge is -2.41. The molecule has 29 heavy (non-hydrogen) atoms. The molecule has 5 rings (SSSR count). The van der Waals surface area contributed by atoms with E-state index in [0.717, 1.165) is 54.6 Å². The molecule has 148 valence electrons. The highest BCUT2D eigenvalue weighted by Crippen LogP contribution is 2.48. The molecule has 0 spiro atoms. The highest BCUT2D eigenvalue weighted by Gasteiger charge is 2.47. The number of benzene rings is 2. The zero-order valence-corrected chi connectivity index (χ0v) is 16.3. The SMILES string of the molecule is N#Cc1ccc(-c2ccc3c(c2)[C@@H]2[C@@H](CCN2C(=O)C2CCC2)[C@@H](CO)N3)cc1. The summed E-state index contributed by atoms with van der Waals surface area (Å²) in [4.78, 5) is 15.2. The summed E-state index contributed by atoms with van der Waals surface area (Å²) in [7, 11) is 0. The zero-order valence-electron chi connectivity index (χ0n) is 16.3. The number of fused-ring (bicyclic) bond motifs is 3. The smallest absolute Gasteiger partial charge is 0.226 e. The number of aliphatic hydroxyl groups is 1. The number of nitriles is 1. The number of anilines is 1. The summed E-state index contributed by atoms with van der Waals surface area (Å²) in [6.07, 6.45) is 4.08. The maximum Gasteiger partial charge on any atom is 0.226 e. The van der Waals surface area contributed by atoms with Gasteiger partial charge in [-0.1, -0.05) is 24.6 Å². The van der Waals surface area contributed by atoms with Gasteiger partial charge in [-0.15, -0.1) is 0 Å². The van der Waals surface area contributed by atoms with E-state index in [0.29, 0.717) is 5.56 Å². The van der Waals surface area contributed by atoms with Crippen molar-refractivity contribution in [2.24, 2.45) is 11.8 Å². The van der Waals surface area contributed by atoms with Gasteiger partial charge in [0.2, 0.25) is 5.91 Å². The topological polar surface area (TPSA) is 76.4 Å². The van der Waals surface area contributed by atoms with Gasteiger partial charge in [0.15, 0.2) is 0 Å². The molecular formula is C24H25N3O2. The predicted molar refractivity (Wildman–Crippen MR) is 111 cm³/mol. The van der Waals surface area contributed by atoms with Crippen LogP contribution in [0.1, 0.15) is 42.9 Å². The second-order valence-corrected chi connectivity index (χ2v) is 8.48. The van der Waals surface area contributed by atoms with Gasteiger partial charge in [0.25, 0.3) is 0 Å². The van der Waals surface area contributed by atoms with Crippen LogP contribution in [0.25, 0.3) is 11.1 Å². The van der Waals surface area contributed by atoms with Gasteiger partial charge in [0.1, 0.15) is 0 Å². The Balaban J connectivity index is 1.54. The van der Waals surface area contributed by atoms with E-state index in [1.807, 2.05) is 24.3 Å². The van der Waals surface area contributed by atoms with Crippen LogP contribution in [-0.4, -0.2) is 35.1 Å². The second-order valence-electron chi connectivity index (χ2n) is 8.48. The Labute approximate surface area is 171 Å². The lowest BCUT2D eigenvalue weighted by molar-refractivity contribution is -0.139. The van der Waals surface area contributed by atoms with E-state index in [2.05, 4.69) is 34.5 Å². The number of rotatable bonds is 3. The molecule has 1 amide bonds. The van der Waals surface area contributed by atoms with Crippen LogP contribution in [-0.2, 0) is 4.79 Å². The van der Waals surface area contributed by atoms with Gasteiger partial charge in [0.05, 0.1) is 30.3 Å². The standard InChI is InChI=1S/C24H25N3O2/c25-13-15-4-6-16(7-5-15)18-8-9-21-20(12-18)23-19(22(14-28)26-21)10-11-27(23)24(29)17-2-1-3-17/h4-9,12,17,19,22-23,26,28H,1-3,10-11,14H2/t19-,22+,23-/m0/s1. The van der Waals surface area contributed by atoms with E-state index in [9.17, 15) is 9.90 Å². The van der Waals surface area contributed by atoms with Gasteiger partial charge in [-0.2, -0.15) is 5.26 Å². The van der Waals surface area contributed by atoms with Crippen LogP contribution < -0.4 is 5.32 Å². The Morgan fingerprint density at radius 3 is 2.55 bits per heavy atom. The molecule has 5 heteroatoms. The molecule has 3 aliphatic rings. The summed E-state index contributed by atoms with van der Waals surface area (Å²) in [5.41, 5.74) is 4.94. The van der Waals surface area contributed by atoms with Crippen LogP contribution in [0.4, 0.5) is 5.69 Å². The van der Waals surface area contributed by atoms with Crippen LogP contribution in [0.2, 0.25) is 0 Å². The van der Waals surface area contributed by atoms with E-state index in [4.69, 9.17) is 5.26 Å². The monoisotopic (exact) mass is 387 g/mol. The average Bonchev–Trinajstić information content (AvgIpc) is 3.17. The number of nitrogens with zero attached hydrogens (tertiary/aromatic N) is 2. The summed E-state index contributed by atoms with van der Waals surface area (Å²) in [5, 5.41) is 22.5. The fraction of sp³-hybridized carbons (Fsp3) is 0.417. The lowest BCUT2D eigenvalue weighted by atomic mass is 9.80. The molecule has 2 fully saturated rings. The maximum atomic E-state index is 13.1. The first-order valence-corrected chi connectivity index (χ1v) is 10.5. The molecule has 0 unspecified atom stereocenters. The summed E-state index contributed by atoms with van der Waals surface area (Å²) in [5.74, 6) is 0.700. The molecule has 1 saturated carbocycles. The third-order valence-electron chi connectivity index (χ3n) is 6.95. The molecule has 1 aliphatic carbocycles. The van der Waals surface area contributed by atoms with Crippen molar-refractivity contribution >= 4 is 11.6 Å². The number of carbonyl (C=O) groups is 1. The molecule has 2 aromatic rings. The van der Waals surface area contributed by atoms with Crippen LogP contribution in [0.3, 0.4) is 0 Å². The number of likely N-dealkylation sites (tertiary alicyclic amines) is 1. The van der Waals surface area contributed by atoms with Gasteiger partial charge in [-0.3, -0.25) is 4.79 Å². The predicted octanol–water partition coefficient (Wildman–Crippen LogP) is 3.70. The van der Waals surface area contributed by atoms with E-state index < -0.39 is 0 Å². The number of hydrogen-bond acceptors (Lipinski definition) is 4. The molecule has 0 radical (unpaired) electrons. The van der Waals surface area contributed by atoms with Crippen molar-refractivity contribution in [1.82, 2.24) is 4.90 Å².